The van der Waals surface area contributed by atoms with E-state index in [0.29, 0.717) is 5.76 Å². The first-order chi connectivity index (χ1) is 12.1. The maximum atomic E-state index is 12.7. The lowest BCUT2D eigenvalue weighted by molar-refractivity contribution is 0.0913. The summed E-state index contributed by atoms with van der Waals surface area (Å²) in [6.45, 7) is 3.90. The third kappa shape index (κ3) is 2.78. The van der Waals surface area contributed by atoms with Crippen LogP contribution in [-0.2, 0) is 0 Å². The predicted octanol–water partition coefficient (Wildman–Crippen LogP) is 5.39. The zero-order valence-corrected chi connectivity index (χ0v) is 14.2. The lowest BCUT2D eigenvalue weighted by atomic mass is 10.0. The molecule has 4 aromatic rings. The largest absolute Gasteiger partial charge is 0.451 e. The fourth-order valence-electron chi connectivity index (χ4n) is 3.21. The fourth-order valence-corrected chi connectivity index (χ4v) is 3.21. The highest BCUT2D eigenvalue weighted by Crippen LogP contribution is 2.26. The normalized spacial score (nSPS) is 12.4. The molecule has 4 rings (SSSR count). The highest BCUT2D eigenvalue weighted by molar-refractivity contribution is 5.99. The zero-order chi connectivity index (χ0) is 17.4. The van der Waals surface area contributed by atoms with E-state index in [9.17, 15) is 4.79 Å². The molecule has 1 amide bonds. The van der Waals surface area contributed by atoms with Crippen molar-refractivity contribution < 1.29 is 9.21 Å². The molecule has 0 saturated heterocycles. The van der Waals surface area contributed by atoms with Gasteiger partial charge in [-0.2, -0.15) is 0 Å². The number of hydrogen-bond acceptors (Lipinski definition) is 2. The first kappa shape index (κ1) is 15.5. The molecule has 1 unspecified atom stereocenters. The lowest BCUT2D eigenvalue weighted by Gasteiger charge is -2.14. The number of amides is 1. The van der Waals surface area contributed by atoms with Crippen LogP contribution in [-0.4, -0.2) is 5.91 Å². The standard InChI is InChI=1S/C22H19NO2/c1-14-19-9-5-6-10-20(19)25-21(14)22(24)23-15(2)17-12-11-16-7-3-4-8-18(16)13-17/h3-13,15H,1-2H3,(H,23,24). The van der Waals surface area contributed by atoms with Crippen LogP contribution in [0.1, 0.15) is 34.6 Å². The Labute approximate surface area is 146 Å². The summed E-state index contributed by atoms with van der Waals surface area (Å²) >= 11 is 0. The minimum Gasteiger partial charge on any atom is -0.451 e. The number of para-hydroxylation sites is 1. The highest BCUT2D eigenvalue weighted by Gasteiger charge is 2.19. The van der Waals surface area contributed by atoms with Crippen LogP contribution in [0.5, 0.6) is 0 Å². The summed E-state index contributed by atoms with van der Waals surface area (Å²) in [5.41, 5.74) is 2.68. The number of rotatable bonds is 3. The Morgan fingerprint density at radius 2 is 1.68 bits per heavy atom. The Balaban J connectivity index is 1.61. The van der Waals surface area contributed by atoms with E-state index >= 15 is 0 Å². The second-order valence-corrected chi connectivity index (χ2v) is 6.35. The van der Waals surface area contributed by atoms with Gasteiger partial charge in [0.1, 0.15) is 5.58 Å². The van der Waals surface area contributed by atoms with E-state index in [1.807, 2.05) is 50.2 Å². The van der Waals surface area contributed by atoms with Crippen molar-refractivity contribution in [1.82, 2.24) is 5.32 Å². The van der Waals surface area contributed by atoms with Crippen molar-refractivity contribution in [2.75, 3.05) is 0 Å². The van der Waals surface area contributed by atoms with Gasteiger partial charge in [-0.05, 0) is 42.3 Å². The summed E-state index contributed by atoms with van der Waals surface area (Å²) < 4.78 is 5.76. The number of hydrogen-bond donors (Lipinski definition) is 1. The molecule has 3 nitrogen and oxygen atoms in total. The molecule has 3 heteroatoms. The molecule has 0 aliphatic rings. The average Bonchev–Trinajstić information content (AvgIpc) is 2.98. The van der Waals surface area contributed by atoms with Crippen LogP contribution < -0.4 is 5.32 Å². The average molecular weight is 329 g/mol. The number of aryl methyl sites for hydroxylation is 1. The third-order valence-electron chi connectivity index (χ3n) is 4.67. The molecule has 0 radical (unpaired) electrons. The van der Waals surface area contributed by atoms with Gasteiger partial charge in [0.25, 0.3) is 5.91 Å². The molecule has 124 valence electrons. The van der Waals surface area contributed by atoms with Crippen molar-refractivity contribution in [3.63, 3.8) is 0 Å². The van der Waals surface area contributed by atoms with Crippen molar-refractivity contribution >= 4 is 27.6 Å². The number of carbonyl (C=O) groups excluding carboxylic acids is 1. The lowest BCUT2D eigenvalue weighted by Crippen LogP contribution is -2.26. The zero-order valence-electron chi connectivity index (χ0n) is 14.2. The van der Waals surface area contributed by atoms with Crippen LogP contribution in [0.15, 0.2) is 71.1 Å². The monoisotopic (exact) mass is 329 g/mol. The number of benzene rings is 3. The molecule has 1 heterocycles. The van der Waals surface area contributed by atoms with Crippen LogP contribution in [0.3, 0.4) is 0 Å². The van der Waals surface area contributed by atoms with E-state index in [4.69, 9.17) is 4.42 Å². The topological polar surface area (TPSA) is 42.2 Å². The second-order valence-electron chi connectivity index (χ2n) is 6.35. The molecule has 0 saturated carbocycles. The summed E-state index contributed by atoms with van der Waals surface area (Å²) in [5, 5.41) is 6.38. The Kier molecular flexibility index (Phi) is 3.77. The van der Waals surface area contributed by atoms with E-state index in [-0.39, 0.29) is 11.9 Å². The second kappa shape index (κ2) is 6.10. The van der Waals surface area contributed by atoms with Crippen LogP contribution in [0.2, 0.25) is 0 Å². The van der Waals surface area contributed by atoms with E-state index in [1.54, 1.807) is 0 Å². The molecular weight excluding hydrogens is 310 g/mol. The first-order valence-electron chi connectivity index (χ1n) is 8.41. The van der Waals surface area contributed by atoms with Crippen LogP contribution >= 0.6 is 0 Å². The van der Waals surface area contributed by atoms with Gasteiger partial charge in [-0.15, -0.1) is 0 Å². The van der Waals surface area contributed by atoms with E-state index < -0.39 is 0 Å². The molecule has 3 aromatic carbocycles. The van der Waals surface area contributed by atoms with E-state index in [0.717, 1.165) is 22.1 Å². The summed E-state index contributed by atoms with van der Waals surface area (Å²) in [5.74, 6) is 0.197. The molecule has 0 aliphatic carbocycles. The predicted molar refractivity (Wildman–Crippen MR) is 101 cm³/mol. The van der Waals surface area contributed by atoms with Gasteiger partial charge in [-0.25, -0.2) is 0 Å². The van der Waals surface area contributed by atoms with Gasteiger partial charge in [0, 0.05) is 10.9 Å². The third-order valence-corrected chi connectivity index (χ3v) is 4.67. The van der Waals surface area contributed by atoms with E-state index in [1.165, 1.54) is 10.8 Å². The van der Waals surface area contributed by atoms with Gasteiger partial charge in [-0.3, -0.25) is 4.79 Å². The van der Waals surface area contributed by atoms with Gasteiger partial charge in [0.2, 0.25) is 0 Å². The van der Waals surface area contributed by atoms with Gasteiger partial charge in [0.15, 0.2) is 5.76 Å². The van der Waals surface area contributed by atoms with Crippen LogP contribution in [0.4, 0.5) is 0 Å². The Morgan fingerprint density at radius 1 is 0.960 bits per heavy atom. The number of carbonyl (C=O) groups is 1. The minimum atomic E-state index is -0.186. The van der Waals surface area contributed by atoms with Crippen molar-refractivity contribution in [3.8, 4) is 0 Å². The number of nitrogens with one attached hydrogen (secondary N) is 1. The molecule has 1 atom stereocenters. The fraction of sp³-hybridized carbons (Fsp3) is 0.136. The Hall–Kier alpha value is -3.07. The van der Waals surface area contributed by atoms with Crippen molar-refractivity contribution in [1.29, 1.82) is 0 Å². The maximum absolute atomic E-state index is 12.7. The van der Waals surface area contributed by atoms with Gasteiger partial charge in [-0.1, -0.05) is 54.6 Å². The van der Waals surface area contributed by atoms with Gasteiger partial charge >= 0.3 is 0 Å². The van der Waals surface area contributed by atoms with Crippen molar-refractivity contribution in [2.24, 2.45) is 0 Å². The van der Waals surface area contributed by atoms with Crippen molar-refractivity contribution in [2.45, 2.75) is 19.9 Å². The van der Waals surface area contributed by atoms with Gasteiger partial charge < -0.3 is 9.73 Å². The SMILES string of the molecule is Cc1c(C(=O)NC(C)c2ccc3ccccc3c2)oc2ccccc12. The minimum absolute atomic E-state index is 0.107. The van der Waals surface area contributed by atoms with Crippen molar-refractivity contribution in [3.05, 3.63) is 83.6 Å². The first-order valence-corrected chi connectivity index (χ1v) is 8.41. The highest BCUT2D eigenvalue weighted by atomic mass is 16.3. The smallest absolute Gasteiger partial charge is 0.287 e. The van der Waals surface area contributed by atoms with Crippen LogP contribution in [0, 0.1) is 6.92 Å². The summed E-state index contributed by atoms with van der Waals surface area (Å²) in [6, 6.07) is 22.1. The molecule has 0 fully saturated rings. The summed E-state index contributed by atoms with van der Waals surface area (Å²) in [4.78, 5) is 12.7. The maximum Gasteiger partial charge on any atom is 0.287 e. The number of furan rings is 1. The molecule has 0 bridgehead atoms. The molecule has 25 heavy (non-hydrogen) atoms. The Morgan fingerprint density at radius 3 is 2.48 bits per heavy atom. The molecule has 1 N–H and O–H groups in total. The quantitative estimate of drug-likeness (QED) is 0.548. The number of fused-ring (bicyclic) bond motifs is 2. The summed E-state index contributed by atoms with van der Waals surface area (Å²) in [7, 11) is 0. The molecule has 0 spiro atoms. The van der Waals surface area contributed by atoms with Crippen LogP contribution in [0.25, 0.3) is 21.7 Å². The van der Waals surface area contributed by atoms with Gasteiger partial charge in [0.05, 0.1) is 6.04 Å². The molecule has 0 aliphatic heterocycles. The molecule has 1 aromatic heterocycles. The van der Waals surface area contributed by atoms with E-state index in [2.05, 4.69) is 35.6 Å². The molecular formula is C22H19NO2. The Bertz CT molecular complexity index is 1080. The summed E-state index contributed by atoms with van der Waals surface area (Å²) in [6.07, 6.45) is 0.